The van der Waals surface area contributed by atoms with Gasteiger partial charge in [-0.1, -0.05) is 72.8 Å². The number of nitrogens with zero attached hydrogens (tertiary/aromatic N) is 11. The quantitative estimate of drug-likeness (QED) is 0.0216. The molecule has 0 bridgehead atoms. The Morgan fingerprint density at radius 3 is 1.49 bits per heavy atom. The van der Waals surface area contributed by atoms with Gasteiger partial charge in [-0.2, -0.15) is 9.97 Å². The second kappa shape index (κ2) is 34.5. The molecule has 1 N–H and O–H groups in total. The van der Waals surface area contributed by atoms with Crippen molar-refractivity contribution in [2.45, 2.75) is 111 Å². The lowest BCUT2D eigenvalue weighted by molar-refractivity contribution is -0.387. The maximum absolute atomic E-state index is 14.5. The van der Waals surface area contributed by atoms with Gasteiger partial charge in [0.15, 0.2) is 16.0 Å². The number of carbonyl (C=O) groups is 5. The van der Waals surface area contributed by atoms with E-state index in [1.165, 1.54) is 110 Å². The molecule has 27 nitrogen and oxygen atoms in total. The SMILES string of the molecule is CC(=O)NC[C@H]1CN(c2ccc(SCc3ncon3)c(F)c2)C(=O)O1.CC[C@H]1CN(c2ccc(SCc3noc(-c4ccccc4)n3)c(F)c2)C(=O)O1.CC[C@H]1CN(c2ccc(Sc3ncc([N+](=O)[O-])s3)c(F)c2)C(=O)O1.CC[C@H]1CN(c2ccc(Sc3sccc3[N+](=O)[O-])c(F)c2)C(=O)O1. The van der Waals surface area contributed by atoms with Crippen molar-refractivity contribution in [1.29, 1.82) is 0 Å². The zero-order chi connectivity index (χ0) is 71.9. The summed E-state index contributed by atoms with van der Waals surface area (Å²) in [4.78, 5) is 98.1. The van der Waals surface area contributed by atoms with Gasteiger partial charge in [-0.3, -0.25) is 44.6 Å². The molecule has 0 saturated carbocycles. The smallest absolute Gasteiger partial charge is 0.414 e. The average Bonchev–Trinajstić information content (AvgIpc) is 1.72. The summed E-state index contributed by atoms with van der Waals surface area (Å²) >= 11 is 6.56. The maximum atomic E-state index is 14.5. The van der Waals surface area contributed by atoms with E-state index in [4.69, 9.17) is 23.5 Å². The highest BCUT2D eigenvalue weighted by atomic mass is 32.2. The summed E-state index contributed by atoms with van der Waals surface area (Å²) in [6, 6.07) is 28.9. The molecule has 528 valence electrons. The number of rotatable bonds is 22. The number of aromatic nitrogens is 5. The predicted molar refractivity (Wildman–Crippen MR) is 367 cm³/mol. The van der Waals surface area contributed by atoms with Crippen LogP contribution in [0.1, 0.15) is 58.6 Å². The van der Waals surface area contributed by atoms with Crippen LogP contribution in [-0.4, -0.2) is 123 Å². The Morgan fingerprint density at radius 2 is 1.06 bits per heavy atom. The summed E-state index contributed by atoms with van der Waals surface area (Å²) < 4.78 is 88.9. The summed E-state index contributed by atoms with van der Waals surface area (Å²) in [5.41, 5.74) is 2.53. The van der Waals surface area contributed by atoms with Crippen LogP contribution in [0, 0.1) is 43.5 Å². The number of thiophene rings is 1. The van der Waals surface area contributed by atoms with Crippen molar-refractivity contribution in [2.75, 3.05) is 52.3 Å². The van der Waals surface area contributed by atoms with Gasteiger partial charge < -0.3 is 33.3 Å². The monoisotopic (exact) mass is 1500 g/mol. The maximum Gasteiger partial charge on any atom is 0.414 e. The molecule has 0 aliphatic carbocycles. The molecule has 5 aromatic carbocycles. The average molecular weight is 1500 g/mol. The highest BCUT2D eigenvalue weighted by Gasteiger charge is 2.36. The van der Waals surface area contributed by atoms with Crippen LogP contribution in [0.4, 0.5) is 70.2 Å². The Bertz CT molecular complexity index is 4450. The van der Waals surface area contributed by atoms with E-state index in [-0.39, 0.29) is 57.8 Å². The van der Waals surface area contributed by atoms with Crippen LogP contribution in [0.25, 0.3) is 11.5 Å². The van der Waals surface area contributed by atoms with Gasteiger partial charge >= 0.3 is 29.4 Å². The van der Waals surface area contributed by atoms with Gasteiger partial charge in [-0.05, 0) is 121 Å². The molecule has 0 unspecified atom stereocenters. The molecule has 37 heteroatoms. The topological polar surface area (TPSA) is 324 Å². The zero-order valence-electron chi connectivity index (χ0n) is 53.5. The van der Waals surface area contributed by atoms with Crippen molar-refractivity contribution in [3.05, 3.63) is 182 Å². The Labute approximate surface area is 596 Å². The molecule has 4 aliphatic rings. The minimum Gasteiger partial charge on any atom is -0.444 e. The highest BCUT2D eigenvalue weighted by Crippen LogP contribution is 2.42. The van der Waals surface area contributed by atoms with Crippen LogP contribution in [0.5, 0.6) is 0 Å². The van der Waals surface area contributed by atoms with Crippen molar-refractivity contribution in [1.82, 2.24) is 30.6 Å². The fraction of sp³-hybridized carbons (Fsp3) is 0.281. The molecular weight excluding hydrogens is 1450 g/mol. The number of thioether (sulfide) groups is 2. The van der Waals surface area contributed by atoms with E-state index >= 15 is 0 Å². The summed E-state index contributed by atoms with van der Waals surface area (Å²) in [6.07, 6.45) is 1.50. The minimum atomic E-state index is -0.568. The number of benzene rings is 5. The van der Waals surface area contributed by atoms with E-state index in [2.05, 4.69) is 35.1 Å². The molecule has 101 heavy (non-hydrogen) atoms. The van der Waals surface area contributed by atoms with Gasteiger partial charge in [0.2, 0.25) is 12.3 Å². The van der Waals surface area contributed by atoms with Gasteiger partial charge in [0.05, 0.1) is 81.7 Å². The van der Waals surface area contributed by atoms with Crippen molar-refractivity contribution in [3.63, 3.8) is 0 Å². The number of hydrogen-bond acceptors (Lipinski definition) is 26. The molecule has 4 aliphatic heterocycles. The van der Waals surface area contributed by atoms with Crippen LogP contribution in [0.3, 0.4) is 0 Å². The lowest BCUT2D eigenvalue weighted by Gasteiger charge is -2.14. The number of cyclic esters (lactones) is 4. The number of hydrogen-bond donors (Lipinski definition) is 1. The number of nitro groups is 2. The standard InChI is InChI=1S/C20H18FN3O3S.C15H15FN4O4S.C15H13FN2O4S2.C14H12FN3O4S2/c1-2-15-11-24(20(25)26-15)14-8-9-17(16(21)10-14)28-12-18-22-19(27-23-18)13-6-4-3-5-7-13;1-9(21)17-5-11-6-20(15(22)24-11)10-2-3-13(12(16)4-10)25-7-14-18-8-23-19-14;1-2-10-8-17(15(19)22-10)9-3-4-13(11(16)7-9)24-14-12(18(20)21)5-6-23-14;1-2-9-7-17(14(19)22-9)8-3-4-11(10(15)5-8)23-13-16-6-12(24-13)18(20)21/h3-10,15H,2,11-12H2,1H3;2-4,8,11H,5-7H2,1H3,(H,17,21);3-7,10H,2,8H2,1H3;3-6,9H,2,7H2,1H3/t15-;11-;10-;9-/m0000/s1. The molecule has 8 heterocycles. The number of halogens is 4. The first kappa shape index (κ1) is 73.9. The Balaban J connectivity index is 0.000000146. The van der Waals surface area contributed by atoms with E-state index < -0.39 is 63.6 Å². The molecule has 0 spiro atoms. The molecular formula is C64H58F4N12O15S6. The number of anilines is 4. The molecule has 4 fully saturated rings. The number of thiazole rings is 1. The van der Waals surface area contributed by atoms with E-state index in [0.717, 1.165) is 53.0 Å². The number of amides is 5. The van der Waals surface area contributed by atoms with Gasteiger partial charge in [0, 0.05) is 33.2 Å². The first-order valence-corrected chi connectivity index (χ1v) is 35.9. The van der Waals surface area contributed by atoms with Crippen molar-refractivity contribution < 1.29 is 79.4 Å². The Morgan fingerprint density at radius 1 is 0.594 bits per heavy atom. The van der Waals surface area contributed by atoms with Crippen molar-refractivity contribution >= 4 is 133 Å². The van der Waals surface area contributed by atoms with Gasteiger partial charge in [-0.15, -0.1) is 34.9 Å². The third kappa shape index (κ3) is 19.4. The lowest BCUT2D eigenvalue weighted by Crippen LogP contribution is -2.33. The normalized spacial score (nSPS) is 16.9. The van der Waals surface area contributed by atoms with Crippen LogP contribution >= 0.6 is 69.7 Å². The molecule has 0 radical (unpaired) electrons. The minimum absolute atomic E-state index is 0.0395. The van der Waals surface area contributed by atoms with Crippen LogP contribution in [0.2, 0.25) is 0 Å². The molecule has 4 saturated heterocycles. The third-order valence-electron chi connectivity index (χ3n) is 14.8. The van der Waals surface area contributed by atoms with Crippen LogP contribution in [0.15, 0.2) is 164 Å². The summed E-state index contributed by atoms with van der Waals surface area (Å²) in [6.45, 7) is 8.83. The third-order valence-corrected chi connectivity index (χ3v) is 21.2. The number of carbonyl (C=O) groups excluding carboxylic acids is 5. The molecule has 4 atom stereocenters. The van der Waals surface area contributed by atoms with E-state index in [0.29, 0.717) is 103 Å². The van der Waals surface area contributed by atoms with E-state index in [9.17, 15) is 61.8 Å². The van der Waals surface area contributed by atoms with E-state index in [1.807, 2.05) is 51.1 Å². The largest absolute Gasteiger partial charge is 0.444 e. The first-order chi connectivity index (χ1) is 48.6. The van der Waals surface area contributed by atoms with Crippen LogP contribution in [-0.2, 0) is 35.2 Å². The number of nitrogens with one attached hydrogen (secondary N) is 1. The van der Waals surface area contributed by atoms with Gasteiger partial charge in [0.25, 0.3) is 11.6 Å². The van der Waals surface area contributed by atoms with Crippen molar-refractivity contribution in [2.24, 2.45) is 0 Å². The predicted octanol–water partition coefficient (Wildman–Crippen LogP) is 15.6. The lowest BCUT2D eigenvalue weighted by atomic mass is 10.2. The van der Waals surface area contributed by atoms with E-state index in [1.54, 1.807) is 41.8 Å². The molecule has 4 aromatic heterocycles. The van der Waals surface area contributed by atoms with Gasteiger partial charge in [0.1, 0.15) is 58.1 Å². The molecule has 5 amide bonds. The summed E-state index contributed by atoms with van der Waals surface area (Å²) in [5.74, 6) is 0.0162. The van der Waals surface area contributed by atoms with Crippen molar-refractivity contribution in [3.8, 4) is 11.5 Å². The number of ether oxygens (including phenoxy) is 4. The summed E-state index contributed by atoms with van der Waals surface area (Å²) in [5, 5.41) is 33.3. The zero-order valence-corrected chi connectivity index (χ0v) is 58.4. The molecule has 13 rings (SSSR count). The van der Waals surface area contributed by atoms with Crippen LogP contribution < -0.4 is 24.9 Å². The second-order valence-corrected chi connectivity index (χ2v) is 28.2. The molecule has 9 aromatic rings. The Hall–Kier alpha value is -9.82. The first-order valence-electron chi connectivity index (χ1n) is 30.6. The summed E-state index contributed by atoms with van der Waals surface area (Å²) in [7, 11) is 0. The fourth-order valence-corrected chi connectivity index (χ4v) is 14.8. The highest BCUT2D eigenvalue weighted by molar-refractivity contribution is 8.01. The second-order valence-electron chi connectivity index (χ2n) is 21.7. The Kier molecular flexibility index (Phi) is 25.2. The van der Waals surface area contributed by atoms with Gasteiger partial charge in [-0.25, -0.2) is 41.7 Å². The fourth-order valence-electron chi connectivity index (χ4n) is 9.59.